The van der Waals surface area contributed by atoms with Gasteiger partial charge in [0.1, 0.15) is 0 Å². The summed E-state index contributed by atoms with van der Waals surface area (Å²) in [7, 11) is 0. The zero-order chi connectivity index (χ0) is 50.3. The van der Waals surface area contributed by atoms with E-state index in [0.717, 1.165) is 67.6 Å². The lowest BCUT2D eigenvalue weighted by Gasteiger charge is -2.33. The molecule has 4 nitrogen and oxygen atoms in total. The molecule has 0 spiro atoms. The third-order valence-corrected chi connectivity index (χ3v) is 14.7. The van der Waals surface area contributed by atoms with E-state index in [1.807, 2.05) is 24.3 Å². The molecule has 0 fully saturated rings. The molecule has 0 radical (unpaired) electrons. The highest BCUT2D eigenvalue weighted by Crippen LogP contribution is 2.49. The molecule has 0 unspecified atom stereocenters. The summed E-state index contributed by atoms with van der Waals surface area (Å²) < 4.78 is 4.90. The molecule has 0 N–H and O–H groups in total. The van der Waals surface area contributed by atoms with E-state index < -0.39 is 0 Å². The molecule has 2 heterocycles. The summed E-state index contributed by atoms with van der Waals surface area (Å²) >= 11 is 14.1. The summed E-state index contributed by atoms with van der Waals surface area (Å²) in [6, 6.07) is 72.6. The Labute approximate surface area is 434 Å². The molecule has 0 atom stereocenters. The van der Waals surface area contributed by atoms with Gasteiger partial charge in [0, 0.05) is 65.7 Å². The lowest BCUT2D eigenvalue weighted by molar-refractivity contribution is 0.589. The van der Waals surface area contributed by atoms with Crippen molar-refractivity contribution >= 4 is 101 Å². The summed E-state index contributed by atoms with van der Waals surface area (Å²) in [6.07, 6.45) is 0. The number of hydrogen-bond donors (Lipinski definition) is 0. The molecule has 0 aliphatic rings. The highest BCUT2D eigenvalue weighted by Gasteiger charge is 2.28. The average molecular weight is 980 g/mol. The fraction of sp³-hybridized carbons (Fsp3) is 0.182. The van der Waals surface area contributed by atoms with Gasteiger partial charge in [0.05, 0.1) is 33.4 Å². The first-order valence-corrected chi connectivity index (χ1v) is 25.7. The van der Waals surface area contributed by atoms with Gasteiger partial charge >= 0.3 is 0 Å². The zero-order valence-electron chi connectivity index (χ0n) is 42.6. The lowest BCUT2D eigenvalue weighted by atomic mass is 9.86. The number of halogens is 2. The highest BCUT2D eigenvalue weighted by molar-refractivity contribution is 6.31. The van der Waals surface area contributed by atoms with Crippen molar-refractivity contribution < 1.29 is 0 Å². The Hall–Kier alpha value is -7.24. The van der Waals surface area contributed by atoms with Gasteiger partial charge in [-0.25, -0.2) is 0 Å². The fourth-order valence-corrected chi connectivity index (χ4v) is 10.9. The van der Waals surface area contributed by atoms with Crippen molar-refractivity contribution in [3.8, 4) is 11.4 Å². The van der Waals surface area contributed by atoms with Crippen LogP contribution in [0.15, 0.2) is 200 Å². The molecule has 9 aromatic carbocycles. The number of aromatic nitrogens is 2. The summed E-state index contributed by atoms with van der Waals surface area (Å²) in [5, 5.41) is 6.03. The van der Waals surface area contributed by atoms with Crippen LogP contribution in [-0.4, -0.2) is 9.13 Å². The van der Waals surface area contributed by atoms with Crippen molar-refractivity contribution in [1.82, 2.24) is 9.13 Å². The molecule has 0 aliphatic carbocycles. The van der Waals surface area contributed by atoms with E-state index in [4.69, 9.17) is 23.2 Å². The molecule has 2 aromatic heterocycles. The number of benzene rings is 9. The zero-order valence-corrected chi connectivity index (χ0v) is 44.1. The van der Waals surface area contributed by atoms with E-state index in [1.54, 1.807) is 0 Å². The van der Waals surface area contributed by atoms with Crippen LogP contribution in [0.25, 0.3) is 55.0 Å². The second-order valence-corrected chi connectivity index (χ2v) is 23.1. The number of para-hydroxylation sites is 4. The molecule has 0 aliphatic heterocycles. The molecular formula is C66H60Cl2N4. The molecule has 72 heavy (non-hydrogen) atoms. The summed E-state index contributed by atoms with van der Waals surface area (Å²) in [5.41, 5.74) is 16.0. The predicted octanol–water partition coefficient (Wildman–Crippen LogP) is 20.0. The fourth-order valence-electron chi connectivity index (χ4n) is 10.5. The minimum absolute atomic E-state index is 0.0434. The normalized spacial score (nSPS) is 12.4. The first-order valence-electron chi connectivity index (χ1n) is 25.0. The van der Waals surface area contributed by atoms with Crippen molar-refractivity contribution in [2.75, 3.05) is 9.80 Å². The van der Waals surface area contributed by atoms with Gasteiger partial charge in [0.25, 0.3) is 0 Å². The largest absolute Gasteiger partial charge is 0.308 e. The van der Waals surface area contributed by atoms with Gasteiger partial charge in [0.15, 0.2) is 0 Å². The van der Waals surface area contributed by atoms with E-state index >= 15 is 0 Å². The maximum atomic E-state index is 7.03. The summed E-state index contributed by atoms with van der Waals surface area (Å²) in [5.74, 6) is 0. The minimum Gasteiger partial charge on any atom is -0.308 e. The molecular weight excluding hydrogens is 920 g/mol. The van der Waals surface area contributed by atoms with Gasteiger partial charge < -0.3 is 18.9 Å². The van der Waals surface area contributed by atoms with Crippen LogP contribution in [-0.2, 0) is 16.2 Å². The van der Waals surface area contributed by atoms with Crippen LogP contribution in [0, 0.1) is 0 Å². The van der Waals surface area contributed by atoms with Gasteiger partial charge in [-0.1, -0.05) is 183 Å². The first-order chi connectivity index (χ1) is 34.4. The van der Waals surface area contributed by atoms with Crippen LogP contribution in [0.2, 0.25) is 10.0 Å². The van der Waals surface area contributed by atoms with Gasteiger partial charge in [-0.3, -0.25) is 0 Å². The first kappa shape index (κ1) is 47.1. The Balaban J connectivity index is 1.24. The molecule has 6 heteroatoms. The van der Waals surface area contributed by atoms with Crippen LogP contribution in [0.5, 0.6) is 0 Å². The molecule has 0 saturated heterocycles. The van der Waals surface area contributed by atoms with Gasteiger partial charge in [-0.2, -0.15) is 0 Å². The predicted molar refractivity (Wildman–Crippen MR) is 311 cm³/mol. The molecule has 0 saturated carbocycles. The van der Waals surface area contributed by atoms with E-state index in [1.165, 1.54) is 38.2 Å². The number of nitrogens with zero attached hydrogens (tertiary/aromatic N) is 4. The molecule has 358 valence electrons. The second kappa shape index (κ2) is 17.8. The van der Waals surface area contributed by atoms with Crippen LogP contribution < -0.4 is 9.80 Å². The van der Waals surface area contributed by atoms with Crippen LogP contribution >= 0.6 is 23.2 Å². The number of rotatable bonds is 8. The van der Waals surface area contributed by atoms with Gasteiger partial charge in [-0.15, -0.1) is 0 Å². The second-order valence-electron chi connectivity index (χ2n) is 22.3. The van der Waals surface area contributed by atoms with Gasteiger partial charge in [-0.05, 0) is 136 Å². The third kappa shape index (κ3) is 8.41. The number of anilines is 6. The standard InChI is InChI=1S/C66H60Cl2N4/c1-64(2,3)43-20-14-24-48(36-43)71-58-32-12-10-28-54(58)56-30-18-34-60(62(56)71)69(50-26-16-22-46(67)40-50)52-38-45(66(7,8)9)39-53(42-52)70(51-27-17-23-47(68)41-51)61-35-19-31-57-55-29-11-13-33-59(55)72(63(57)61)49-25-15-21-44(37-49)65(4,5)6/h10-42H,1-9H3. The van der Waals surface area contributed by atoms with E-state index in [0.29, 0.717) is 10.0 Å². The topological polar surface area (TPSA) is 16.3 Å². The quantitative estimate of drug-likeness (QED) is 0.151. The Morgan fingerprint density at radius 1 is 0.319 bits per heavy atom. The minimum atomic E-state index is -0.257. The van der Waals surface area contributed by atoms with Crippen LogP contribution in [0.3, 0.4) is 0 Å². The average Bonchev–Trinajstić information content (AvgIpc) is 3.88. The van der Waals surface area contributed by atoms with Gasteiger partial charge in [0.2, 0.25) is 0 Å². The maximum Gasteiger partial charge on any atom is 0.0782 e. The Kier molecular flexibility index (Phi) is 11.6. The SMILES string of the molecule is CC(C)(C)c1cc(N(c2cccc(Cl)c2)c2cccc3c4ccccc4n(-c4cccc(C(C)(C)C)c4)c23)cc(N(c2cccc(Cl)c2)c2cccc3c4ccccc4n(-c4cccc(C(C)(C)C)c4)c23)c1. The van der Waals surface area contributed by atoms with E-state index in [9.17, 15) is 0 Å². The summed E-state index contributed by atoms with van der Waals surface area (Å²) in [6.45, 7) is 20.6. The van der Waals surface area contributed by atoms with Crippen molar-refractivity contribution in [3.63, 3.8) is 0 Å². The molecule has 0 bridgehead atoms. The molecule has 11 aromatic rings. The Morgan fingerprint density at radius 3 is 1.10 bits per heavy atom. The van der Waals surface area contributed by atoms with Crippen molar-refractivity contribution in [1.29, 1.82) is 0 Å². The smallest absolute Gasteiger partial charge is 0.0782 e. The van der Waals surface area contributed by atoms with E-state index in [2.05, 4.69) is 257 Å². The monoisotopic (exact) mass is 978 g/mol. The Bertz CT molecular complexity index is 3630. The van der Waals surface area contributed by atoms with Crippen molar-refractivity contribution in [2.45, 2.75) is 78.6 Å². The summed E-state index contributed by atoms with van der Waals surface area (Å²) in [4.78, 5) is 4.81. The van der Waals surface area contributed by atoms with Crippen LogP contribution in [0.4, 0.5) is 34.1 Å². The lowest BCUT2D eigenvalue weighted by Crippen LogP contribution is -2.18. The van der Waals surface area contributed by atoms with Crippen molar-refractivity contribution in [3.05, 3.63) is 227 Å². The highest BCUT2D eigenvalue weighted by atomic mass is 35.5. The molecule has 11 rings (SSSR count). The molecule has 0 amide bonds. The van der Waals surface area contributed by atoms with Crippen LogP contribution in [0.1, 0.15) is 79.0 Å². The van der Waals surface area contributed by atoms with Crippen molar-refractivity contribution in [2.24, 2.45) is 0 Å². The Morgan fingerprint density at radius 2 is 0.694 bits per heavy atom. The third-order valence-electron chi connectivity index (χ3n) is 14.2. The number of fused-ring (bicyclic) bond motifs is 6. The van der Waals surface area contributed by atoms with E-state index in [-0.39, 0.29) is 16.2 Å². The maximum absolute atomic E-state index is 7.03. The number of hydrogen-bond acceptors (Lipinski definition) is 2.